The van der Waals surface area contributed by atoms with Crippen LogP contribution in [0.15, 0.2) is 36.0 Å². The predicted molar refractivity (Wildman–Crippen MR) is 96.1 cm³/mol. The Morgan fingerprint density at radius 2 is 1.93 bits per heavy atom. The van der Waals surface area contributed by atoms with E-state index in [0.717, 1.165) is 30.6 Å². The quantitative estimate of drug-likeness (QED) is 0.517. The third-order valence-electron chi connectivity index (χ3n) is 4.48. The Labute approximate surface area is 160 Å². The summed E-state index contributed by atoms with van der Waals surface area (Å²) in [6, 6.07) is 5.77. The van der Waals surface area contributed by atoms with Crippen molar-refractivity contribution in [3.63, 3.8) is 0 Å². The van der Waals surface area contributed by atoms with Crippen molar-refractivity contribution < 1.29 is 27.1 Å². The van der Waals surface area contributed by atoms with Gasteiger partial charge in [-0.2, -0.15) is 13.2 Å². The van der Waals surface area contributed by atoms with Crippen molar-refractivity contribution in [2.24, 2.45) is 5.73 Å². The number of nitrogens with zero attached hydrogens (tertiary/aromatic N) is 1. The first-order valence-corrected chi connectivity index (χ1v) is 8.95. The number of rotatable bonds is 8. The van der Waals surface area contributed by atoms with Crippen LogP contribution in [0.25, 0.3) is 0 Å². The Hall–Kier alpha value is -2.42. The van der Waals surface area contributed by atoms with Crippen LogP contribution in [0.4, 0.5) is 17.6 Å². The van der Waals surface area contributed by atoms with Crippen LogP contribution in [0.5, 0.6) is 0 Å². The van der Waals surface area contributed by atoms with E-state index >= 15 is 0 Å². The first-order valence-electron chi connectivity index (χ1n) is 8.95. The lowest BCUT2D eigenvalue weighted by Gasteiger charge is -2.24. The summed E-state index contributed by atoms with van der Waals surface area (Å²) >= 11 is 0. The fraction of sp³-hybridized carbons (Fsp3) is 0.474. The molecule has 28 heavy (non-hydrogen) atoms. The zero-order valence-electron chi connectivity index (χ0n) is 15.3. The number of carbonyl (C=O) groups is 1. The normalized spacial score (nSPS) is 15.6. The second-order valence-corrected chi connectivity index (χ2v) is 6.61. The van der Waals surface area contributed by atoms with Gasteiger partial charge in [0.05, 0.1) is 12.7 Å². The molecule has 0 bridgehead atoms. The Bertz CT molecular complexity index is 728. The van der Waals surface area contributed by atoms with Gasteiger partial charge in [-0.1, -0.05) is 31.0 Å². The smallest absolute Gasteiger partial charge is 0.395 e. The Morgan fingerprint density at radius 3 is 2.54 bits per heavy atom. The molecule has 0 atom stereocenters. The molecule has 1 aliphatic rings. The van der Waals surface area contributed by atoms with E-state index in [1.165, 1.54) is 18.2 Å². The summed E-state index contributed by atoms with van der Waals surface area (Å²) in [7, 11) is 0. The van der Waals surface area contributed by atoms with Gasteiger partial charge in [0.25, 0.3) is 5.91 Å². The Morgan fingerprint density at radius 1 is 1.29 bits per heavy atom. The topological polar surface area (TPSA) is 79.4 Å². The summed E-state index contributed by atoms with van der Waals surface area (Å²) in [6.07, 6.45) is -0.512. The van der Waals surface area contributed by atoms with Gasteiger partial charge in [-0.25, -0.2) is 4.39 Å². The molecule has 3 N–H and O–H groups in total. The molecule has 1 aliphatic carbocycles. The van der Waals surface area contributed by atoms with Crippen LogP contribution in [-0.2, 0) is 16.1 Å². The van der Waals surface area contributed by atoms with Gasteiger partial charge in [0, 0.05) is 18.7 Å². The van der Waals surface area contributed by atoms with Crippen LogP contribution < -0.4 is 5.73 Å². The van der Waals surface area contributed by atoms with Crippen molar-refractivity contribution in [1.82, 2.24) is 4.90 Å². The lowest BCUT2D eigenvalue weighted by atomic mass is 10.1. The average Bonchev–Trinajstić information content (AvgIpc) is 3.14. The molecule has 0 aliphatic heterocycles. The standard InChI is InChI=1S/C19H23F4N3O2/c20-15-8-4-1-5-13(15)12-26(9-10-28-14-6-2-3-7-14)18(27)16(24)11-17(25)19(21,22)23/h1,4-5,8,11,14,24H,2-3,6-7,9-10,12,25H2. The van der Waals surface area contributed by atoms with E-state index in [9.17, 15) is 22.4 Å². The molecular weight excluding hydrogens is 378 g/mol. The van der Waals surface area contributed by atoms with E-state index < -0.39 is 29.3 Å². The van der Waals surface area contributed by atoms with E-state index in [1.54, 1.807) is 6.07 Å². The highest BCUT2D eigenvalue weighted by molar-refractivity contribution is 6.42. The first kappa shape index (κ1) is 21.9. The molecule has 0 aromatic heterocycles. The van der Waals surface area contributed by atoms with Gasteiger partial charge < -0.3 is 15.4 Å². The predicted octanol–water partition coefficient (Wildman–Crippen LogP) is 3.54. The molecule has 9 heteroatoms. The molecule has 1 aromatic carbocycles. The van der Waals surface area contributed by atoms with Crippen LogP contribution in [0.2, 0.25) is 0 Å². The highest BCUT2D eigenvalue weighted by atomic mass is 19.4. The summed E-state index contributed by atoms with van der Waals surface area (Å²) in [5.41, 5.74) is 2.61. The Balaban J connectivity index is 2.10. The number of ether oxygens (including phenoxy) is 1. The van der Waals surface area contributed by atoms with Crippen molar-refractivity contribution in [3.8, 4) is 0 Å². The van der Waals surface area contributed by atoms with Crippen LogP contribution in [0.1, 0.15) is 31.2 Å². The number of alkyl halides is 3. The minimum absolute atomic E-state index is 0.0197. The molecular formula is C19H23F4N3O2. The molecule has 154 valence electrons. The number of amides is 1. The number of halogens is 4. The fourth-order valence-electron chi connectivity index (χ4n) is 2.94. The molecule has 1 saturated carbocycles. The second-order valence-electron chi connectivity index (χ2n) is 6.61. The van der Waals surface area contributed by atoms with Gasteiger partial charge in [-0.3, -0.25) is 10.2 Å². The average molecular weight is 401 g/mol. The van der Waals surface area contributed by atoms with Crippen LogP contribution >= 0.6 is 0 Å². The number of carbonyl (C=O) groups excluding carboxylic acids is 1. The second kappa shape index (κ2) is 9.68. The SMILES string of the molecule is N=C(C=C(N)C(F)(F)F)C(=O)N(CCOC1CCCC1)Cc1ccccc1F. The van der Waals surface area contributed by atoms with E-state index in [0.29, 0.717) is 0 Å². The number of allylic oxidation sites excluding steroid dienone is 1. The van der Waals surface area contributed by atoms with Gasteiger partial charge in [0.2, 0.25) is 0 Å². The van der Waals surface area contributed by atoms with Crippen molar-refractivity contribution in [2.45, 2.75) is 44.5 Å². The molecule has 0 spiro atoms. The first-order chi connectivity index (χ1) is 13.2. The monoisotopic (exact) mass is 401 g/mol. The van der Waals surface area contributed by atoms with Crippen molar-refractivity contribution in [2.75, 3.05) is 13.2 Å². The summed E-state index contributed by atoms with van der Waals surface area (Å²) < 4.78 is 57.3. The maximum absolute atomic E-state index is 13.9. The van der Waals surface area contributed by atoms with E-state index in [-0.39, 0.29) is 37.4 Å². The molecule has 0 radical (unpaired) electrons. The van der Waals surface area contributed by atoms with E-state index in [2.05, 4.69) is 0 Å². The number of nitrogens with one attached hydrogen (secondary N) is 1. The van der Waals surface area contributed by atoms with Crippen molar-refractivity contribution in [3.05, 3.63) is 47.4 Å². The minimum atomic E-state index is -4.84. The number of hydrogen-bond donors (Lipinski definition) is 2. The lowest BCUT2D eigenvalue weighted by molar-refractivity contribution is -0.125. The molecule has 2 rings (SSSR count). The third kappa shape index (κ3) is 6.33. The van der Waals surface area contributed by atoms with Gasteiger partial charge in [0.1, 0.15) is 17.2 Å². The number of hydrogen-bond acceptors (Lipinski definition) is 4. The van der Waals surface area contributed by atoms with Crippen molar-refractivity contribution >= 4 is 11.6 Å². The highest BCUT2D eigenvalue weighted by Gasteiger charge is 2.32. The van der Waals surface area contributed by atoms with Gasteiger partial charge >= 0.3 is 6.18 Å². The fourth-order valence-corrected chi connectivity index (χ4v) is 2.94. The zero-order valence-corrected chi connectivity index (χ0v) is 15.3. The Kier molecular flexibility index (Phi) is 7.56. The van der Waals surface area contributed by atoms with Crippen molar-refractivity contribution in [1.29, 1.82) is 5.41 Å². The van der Waals surface area contributed by atoms with Gasteiger partial charge in [-0.05, 0) is 25.0 Å². The summed E-state index contributed by atoms with van der Waals surface area (Å²) in [5, 5.41) is 7.68. The molecule has 0 saturated heterocycles. The maximum atomic E-state index is 13.9. The van der Waals surface area contributed by atoms with Crippen LogP contribution in [-0.4, -0.2) is 42.0 Å². The third-order valence-corrected chi connectivity index (χ3v) is 4.48. The molecule has 0 unspecified atom stereocenters. The number of benzene rings is 1. The molecule has 0 heterocycles. The summed E-state index contributed by atoms with van der Waals surface area (Å²) in [5.74, 6) is -1.53. The largest absolute Gasteiger partial charge is 0.430 e. The van der Waals surface area contributed by atoms with E-state index in [1.807, 2.05) is 0 Å². The number of nitrogens with two attached hydrogens (primary N) is 1. The zero-order chi connectivity index (χ0) is 20.7. The highest BCUT2D eigenvalue weighted by Crippen LogP contribution is 2.22. The minimum Gasteiger partial charge on any atom is -0.395 e. The maximum Gasteiger partial charge on any atom is 0.430 e. The lowest BCUT2D eigenvalue weighted by Crippen LogP contribution is -2.38. The van der Waals surface area contributed by atoms with E-state index in [4.69, 9.17) is 15.9 Å². The van der Waals surface area contributed by atoms with Gasteiger partial charge in [-0.15, -0.1) is 0 Å². The molecule has 1 fully saturated rings. The van der Waals surface area contributed by atoms with Gasteiger partial charge in [0.15, 0.2) is 0 Å². The summed E-state index contributed by atoms with van der Waals surface area (Å²) in [6.45, 7) is -0.0237. The van der Waals surface area contributed by atoms with Crippen LogP contribution in [0.3, 0.4) is 0 Å². The molecule has 1 aromatic rings. The molecule has 5 nitrogen and oxygen atoms in total. The summed E-state index contributed by atoms with van der Waals surface area (Å²) in [4.78, 5) is 13.6. The molecule has 1 amide bonds. The van der Waals surface area contributed by atoms with Crippen LogP contribution in [0, 0.1) is 11.2 Å².